The number of alkyl halides is 1. The van der Waals surface area contributed by atoms with Crippen LogP contribution in [0.1, 0.15) is 110 Å². The summed E-state index contributed by atoms with van der Waals surface area (Å²) in [5.41, 5.74) is 0. The Morgan fingerprint density at radius 2 is 1.32 bits per heavy atom. The Kier molecular flexibility index (Phi) is 18.9. The molecule has 0 fully saturated rings. The molecule has 0 aliphatic heterocycles. The molecule has 2 atom stereocenters. The van der Waals surface area contributed by atoms with Gasteiger partial charge in [-0.3, -0.25) is 4.79 Å². The first-order chi connectivity index (χ1) is 14.6. The maximum Gasteiger partial charge on any atom is 0.306 e. The van der Waals surface area contributed by atoms with Crippen molar-refractivity contribution in [3.8, 4) is 0 Å². The van der Waals surface area contributed by atoms with E-state index in [-0.39, 0.29) is 12.4 Å². The van der Waals surface area contributed by atoms with Gasteiger partial charge < -0.3 is 19.1 Å². The monoisotopic (exact) mass is 553 g/mol. The van der Waals surface area contributed by atoms with E-state index in [1.807, 2.05) is 21.1 Å². The molecule has 0 amide bonds. The number of carboxylic acids is 1. The second-order valence-corrected chi connectivity index (χ2v) is 11.7. The average molecular weight is 554 g/mol. The number of nitrogens with zero attached hydrogens (tertiary/aromatic N) is 1. The lowest BCUT2D eigenvalue weighted by molar-refractivity contribution is -0.873. The zero-order chi connectivity index (χ0) is 23.5. The zero-order valence-electron chi connectivity index (χ0n) is 20.6. The number of rotatable bonds is 21. The number of carbonyl (C=O) groups excluding carboxylic acids is 2. The second kappa shape index (κ2) is 19.1. The van der Waals surface area contributed by atoms with Crippen LogP contribution >= 0.6 is 22.6 Å². The van der Waals surface area contributed by atoms with E-state index in [2.05, 4.69) is 29.5 Å². The van der Waals surface area contributed by atoms with Gasteiger partial charge in [-0.15, -0.1) is 0 Å². The van der Waals surface area contributed by atoms with E-state index >= 15 is 0 Å². The highest BCUT2D eigenvalue weighted by Gasteiger charge is 2.22. The highest BCUT2D eigenvalue weighted by atomic mass is 127. The first kappa shape index (κ1) is 30.6. The zero-order valence-corrected chi connectivity index (χ0v) is 22.8. The standard InChI is InChI=1S/C25H48INO4/c1-5-6-7-8-9-11-14-17-22(26)18-15-12-10-13-16-19-25(30)31-23(20-24(28)29)21-27(2,3)4/h22-23H,5-21H2,1-4H3. The minimum atomic E-state index is -1.17. The third kappa shape index (κ3) is 22.6. The summed E-state index contributed by atoms with van der Waals surface area (Å²) in [6, 6.07) is 0. The molecule has 0 bridgehead atoms. The van der Waals surface area contributed by atoms with Crippen LogP contribution in [0.2, 0.25) is 0 Å². The molecule has 0 aliphatic carbocycles. The second-order valence-electron chi connectivity index (χ2n) is 9.97. The molecule has 0 rings (SSSR count). The van der Waals surface area contributed by atoms with E-state index in [4.69, 9.17) is 4.74 Å². The quantitative estimate of drug-likeness (QED) is 0.0626. The molecule has 0 aromatic heterocycles. The van der Waals surface area contributed by atoms with Gasteiger partial charge in [-0.05, 0) is 19.3 Å². The molecule has 0 spiro atoms. The van der Waals surface area contributed by atoms with Crippen molar-refractivity contribution in [3.05, 3.63) is 0 Å². The summed E-state index contributed by atoms with van der Waals surface area (Å²) in [5, 5.41) is 10.9. The highest BCUT2D eigenvalue weighted by molar-refractivity contribution is 14.1. The smallest absolute Gasteiger partial charge is 0.306 e. The molecule has 0 saturated heterocycles. The molecule has 0 heterocycles. The Morgan fingerprint density at radius 3 is 1.81 bits per heavy atom. The molecule has 0 radical (unpaired) electrons. The number of aliphatic carboxylic acids is 1. The Balaban J connectivity index is 3.69. The normalized spacial score (nSPS) is 13.7. The lowest BCUT2D eigenvalue weighted by Crippen LogP contribution is -2.45. The fraction of sp³-hybridized carbons (Fsp3) is 0.920. The van der Waals surface area contributed by atoms with Gasteiger partial charge in [-0.25, -0.2) is 0 Å². The first-order valence-electron chi connectivity index (χ1n) is 12.5. The molecule has 0 aliphatic rings. The number of carbonyl (C=O) groups is 2. The molecule has 2 unspecified atom stereocenters. The van der Waals surface area contributed by atoms with Crippen molar-refractivity contribution >= 4 is 34.5 Å². The van der Waals surface area contributed by atoms with E-state index in [0.29, 0.717) is 17.4 Å². The molecule has 0 N–H and O–H groups in total. The lowest BCUT2D eigenvalue weighted by Gasteiger charge is -2.29. The van der Waals surface area contributed by atoms with Gasteiger partial charge in [0.25, 0.3) is 0 Å². The summed E-state index contributed by atoms with van der Waals surface area (Å²) in [4.78, 5) is 23.0. The molecular formula is C25H48INO4. The van der Waals surface area contributed by atoms with Crippen molar-refractivity contribution in [1.29, 1.82) is 0 Å². The Labute approximate surface area is 205 Å². The summed E-state index contributed by atoms with van der Waals surface area (Å²) in [6.07, 6.45) is 17.3. The van der Waals surface area contributed by atoms with Gasteiger partial charge in [0.15, 0.2) is 6.10 Å². The van der Waals surface area contributed by atoms with Gasteiger partial charge in [-0.2, -0.15) is 0 Å². The van der Waals surface area contributed by atoms with Crippen LogP contribution in [0.25, 0.3) is 0 Å². The van der Waals surface area contributed by atoms with Crippen LogP contribution in [0.15, 0.2) is 0 Å². The topological polar surface area (TPSA) is 66.4 Å². The SMILES string of the molecule is CCCCCCCCCC(I)CCCCCCCC(=O)OC(CC(=O)[O-])C[N+](C)(C)C. The minimum absolute atomic E-state index is 0.239. The van der Waals surface area contributed by atoms with E-state index in [1.54, 1.807) is 0 Å². The van der Waals surface area contributed by atoms with Gasteiger partial charge in [0.05, 0.1) is 21.1 Å². The maximum atomic E-state index is 12.1. The third-order valence-electron chi connectivity index (χ3n) is 5.46. The van der Waals surface area contributed by atoms with Crippen molar-refractivity contribution in [2.24, 2.45) is 0 Å². The van der Waals surface area contributed by atoms with Crippen molar-refractivity contribution < 1.29 is 23.9 Å². The Morgan fingerprint density at radius 1 is 0.839 bits per heavy atom. The minimum Gasteiger partial charge on any atom is -0.550 e. The molecule has 0 saturated carbocycles. The summed E-state index contributed by atoms with van der Waals surface area (Å²) in [7, 11) is 5.85. The predicted molar refractivity (Wildman–Crippen MR) is 135 cm³/mol. The van der Waals surface area contributed by atoms with Crippen molar-refractivity contribution in [2.45, 2.75) is 120 Å². The summed E-state index contributed by atoms with van der Waals surface area (Å²) in [6.45, 7) is 2.73. The summed E-state index contributed by atoms with van der Waals surface area (Å²) in [5.74, 6) is -1.46. The maximum absolute atomic E-state index is 12.1. The molecule has 0 aromatic rings. The number of quaternary nitrogens is 1. The number of halogens is 1. The third-order valence-corrected chi connectivity index (χ3v) is 6.71. The van der Waals surface area contributed by atoms with Crippen molar-refractivity contribution in [1.82, 2.24) is 0 Å². The van der Waals surface area contributed by atoms with Gasteiger partial charge in [-0.1, -0.05) is 100 Å². The molecule has 6 heteroatoms. The first-order valence-corrected chi connectivity index (χ1v) is 13.7. The van der Waals surface area contributed by atoms with Crippen molar-refractivity contribution in [3.63, 3.8) is 0 Å². The van der Waals surface area contributed by atoms with E-state index in [1.165, 1.54) is 70.6 Å². The molecule has 184 valence electrons. The van der Waals surface area contributed by atoms with Crippen LogP contribution < -0.4 is 5.11 Å². The van der Waals surface area contributed by atoms with E-state index < -0.39 is 12.1 Å². The highest BCUT2D eigenvalue weighted by Crippen LogP contribution is 2.20. The van der Waals surface area contributed by atoms with Crippen LogP contribution in [-0.2, 0) is 14.3 Å². The number of unbranched alkanes of at least 4 members (excludes halogenated alkanes) is 10. The fourth-order valence-corrected chi connectivity index (χ4v) is 4.70. The van der Waals surface area contributed by atoms with Crippen molar-refractivity contribution in [2.75, 3.05) is 27.7 Å². The van der Waals surface area contributed by atoms with Crippen LogP contribution in [0.3, 0.4) is 0 Å². The number of likely N-dealkylation sites (N-methyl/N-ethyl adjacent to an activating group) is 1. The number of carboxylic acid groups (broad SMARTS) is 1. The Bertz CT molecular complexity index is 465. The number of hydrogen-bond donors (Lipinski definition) is 0. The number of esters is 1. The molecule has 5 nitrogen and oxygen atoms in total. The van der Waals surface area contributed by atoms with Gasteiger partial charge in [0.2, 0.25) is 0 Å². The van der Waals surface area contributed by atoms with Gasteiger partial charge >= 0.3 is 5.97 Å². The molecular weight excluding hydrogens is 505 g/mol. The van der Waals surface area contributed by atoms with Crippen LogP contribution in [0.4, 0.5) is 0 Å². The summed E-state index contributed by atoms with van der Waals surface area (Å²) >= 11 is 2.61. The fourth-order valence-electron chi connectivity index (χ4n) is 3.82. The van der Waals surface area contributed by atoms with E-state index in [0.717, 1.165) is 23.2 Å². The average Bonchev–Trinajstić information content (AvgIpc) is 2.64. The van der Waals surface area contributed by atoms with Gasteiger partial charge in [0.1, 0.15) is 6.54 Å². The van der Waals surface area contributed by atoms with Crippen LogP contribution in [0.5, 0.6) is 0 Å². The summed E-state index contributed by atoms with van der Waals surface area (Å²) < 4.78 is 6.73. The van der Waals surface area contributed by atoms with Gasteiger partial charge in [0, 0.05) is 22.7 Å². The molecule has 0 aromatic carbocycles. The van der Waals surface area contributed by atoms with Crippen LogP contribution in [-0.4, -0.2) is 54.1 Å². The Hall–Kier alpha value is -0.370. The van der Waals surface area contributed by atoms with Crippen LogP contribution in [0, 0.1) is 0 Å². The molecule has 31 heavy (non-hydrogen) atoms. The number of ether oxygens (including phenoxy) is 1. The largest absolute Gasteiger partial charge is 0.550 e. The lowest BCUT2D eigenvalue weighted by atomic mass is 10.0. The van der Waals surface area contributed by atoms with E-state index in [9.17, 15) is 14.7 Å². The predicted octanol–water partition coefficient (Wildman–Crippen LogP) is 5.42. The number of hydrogen-bond acceptors (Lipinski definition) is 4.